The highest BCUT2D eigenvalue weighted by molar-refractivity contribution is 14.0. The van der Waals surface area contributed by atoms with Gasteiger partial charge in [-0.1, -0.05) is 12.1 Å². The molecule has 1 aromatic carbocycles. The van der Waals surface area contributed by atoms with Crippen LogP contribution in [0.25, 0.3) is 0 Å². The predicted molar refractivity (Wildman–Crippen MR) is 136 cm³/mol. The minimum Gasteiger partial charge on any atom is -0.497 e. The summed E-state index contributed by atoms with van der Waals surface area (Å²) in [5.74, 6) is 1.50. The van der Waals surface area contributed by atoms with Crippen LogP contribution in [0, 0.1) is 0 Å². The number of ether oxygens (including phenoxy) is 1. The summed E-state index contributed by atoms with van der Waals surface area (Å²) in [6.07, 6.45) is 0.858. The van der Waals surface area contributed by atoms with Gasteiger partial charge in [-0.3, -0.25) is 9.69 Å². The normalized spacial score (nSPS) is 11.5. The van der Waals surface area contributed by atoms with E-state index in [0.717, 1.165) is 31.8 Å². The minimum absolute atomic E-state index is 0. The molecule has 0 aliphatic heterocycles. The Kier molecular flexibility index (Phi) is 14.5. The monoisotopic (exact) mass is 533 g/mol. The summed E-state index contributed by atoms with van der Waals surface area (Å²) in [5.41, 5.74) is 1.22. The van der Waals surface area contributed by atoms with Gasteiger partial charge in [-0.15, -0.1) is 24.0 Å². The fraction of sp³-hybridized carbons (Fsp3) is 0.636. The van der Waals surface area contributed by atoms with Gasteiger partial charge in [0, 0.05) is 45.8 Å². The molecular weight excluding hydrogens is 493 g/mol. The van der Waals surface area contributed by atoms with Crippen LogP contribution in [-0.2, 0) is 11.2 Å². The molecule has 30 heavy (non-hydrogen) atoms. The quantitative estimate of drug-likeness (QED) is 0.260. The Morgan fingerprint density at radius 1 is 1.03 bits per heavy atom. The van der Waals surface area contributed by atoms with Gasteiger partial charge in [-0.2, -0.15) is 0 Å². The standard InChI is InChI=1S/C22H39N5O2.HI/c1-17(2)27(18(3)4)15-14-24-22(25-16-21(28)26(5)6)23-13-12-19-8-10-20(29-7)11-9-19;/h8-11,17-18H,12-16H2,1-7H3,(H2,23,24,25);1H. The van der Waals surface area contributed by atoms with E-state index in [0.29, 0.717) is 18.0 Å². The van der Waals surface area contributed by atoms with E-state index in [-0.39, 0.29) is 36.4 Å². The Morgan fingerprint density at radius 2 is 1.60 bits per heavy atom. The number of carbonyl (C=O) groups is 1. The average Bonchev–Trinajstić information content (AvgIpc) is 2.68. The number of hydrogen-bond acceptors (Lipinski definition) is 4. The summed E-state index contributed by atoms with van der Waals surface area (Å²) >= 11 is 0. The van der Waals surface area contributed by atoms with Crippen LogP contribution in [0.5, 0.6) is 5.75 Å². The van der Waals surface area contributed by atoms with E-state index in [2.05, 4.69) is 60.4 Å². The van der Waals surface area contributed by atoms with E-state index < -0.39 is 0 Å². The van der Waals surface area contributed by atoms with Gasteiger partial charge in [-0.05, 0) is 51.8 Å². The van der Waals surface area contributed by atoms with Gasteiger partial charge >= 0.3 is 0 Å². The predicted octanol–water partition coefficient (Wildman–Crippen LogP) is 2.60. The van der Waals surface area contributed by atoms with Crippen molar-refractivity contribution >= 4 is 35.8 Å². The second kappa shape index (κ2) is 15.3. The van der Waals surface area contributed by atoms with E-state index in [4.69, 9.17) is 4.74 Å². The van der Waals surface area contributed by atoms with E-state index in [1.807, 2.05) is 12.1 Å². The zero-order valence-corrected chi connectivity index (χ0v) is 21.9. The molecule has 1 rings (SSSR count). The number of nitrogens with zero attached hydrogens (tertiary/aromatic N) is 3. The number of benzene rings is 1. The van der Waals surface area contributed by atoms with Crippen molar-refractivity contribution in [2.24, 2.45) is 4.99 Å². The lowest BCUT2D eigenvalue weighted by molar-refractivity contribution is -0.127. The SMILES string of the molecule is COc1ccc(CCNC(=NCC(=O)N(C)C)NCCN(C(C)C)C(C)C)cc1.I. The molecule has 1 amide bonds. The molecule has 0 aromatic heterocycles. The van der Waals surface area contributed by atoms with Crippen LogP contribution < -0.4 is 15.4 Å². The maximum absolute atomic E-state index is 11.9. The molecule has 0 aliphatic rings. The largest absolute Gasteiger partial charge is 0.497 e. The first kappa shape index (κ1) is 28.5. The van der Waals surface area contributed by atoms with Crippen molar-refractivity contribution in [2.75, 3.05) is 47.4 Å². The van der Waals surface area contributed by atoms with Gasteiger partial charge in [0.15, 0.2) is 5.96 Å². The molecule has 8 heteroatoms. The smallest absolute Gasteiger partial charge is 0.243 e. The van der Waals surface area contributed by atoms with Gasteiger partial charge in [-0.25, -0.2) is 4.99 Å². The van der Waals surface area contributed by atoms with Crippen LogP contribution >= 0.6 is 24.0 Å². The van der Waals surface area contributed by atoms with Crippen LogP contribution in [0.15, 0.2) is 29.3 Å². The van der Waals surface area contributed by atoms with E-state index in [1.165, 1.54) is 5.56 Å². The number of guanidine groups is 1. The summed E-state index contributed by atoms with van der Waals surface area (Å²) in [5, 5.41) is 6.71. The van der Waals surface area contributed by atoms with Crippen molar-refractivity contribution in [1.82, 2.24) is 20.4 Å². The Hall–Kier alpha value is -1.55. The molecule has 0 bridgehead atoms. The highest BCUT2D eigenvalue weighted by atomic mass is 127. The molecule has 7 nitrogen and oxygen atoms in total. The number of likely N-dealkylation sites (N-methyl/N-ethyl adjacent to an activating group) is 1. The molecule has 0 atom stereocenters. The lowest BCUT2D eigenvalue weighted by Crippen LogP contribution is -2.46. The van der Waals surface area contributed by atoms with Gasteiger partial charge in [0.2, 0.25) is 5.91 Å². The zero-order chi connectivity index (χ0) is 21.8. The second-order valence-electron chi connectivity index (χ2n) is 7.83. The summed E-state index contributed by atoms with van der Waals surface area (Å²) < 4.78 is 5.20. The Labute approximate surface area is 199 Å². The van der Waals surface area contributed by atoms with Gasteiger partial charge < -0.3 is 20.3 Å². The highest BCUT2D eigenvalue weighted by Gasteiger charge is 2.13. The van der Waals surface area contributed by atoms with Crippen molar-refractivity contribution in [2.45, 2.75) is 46.2 Å². The molecule has 0 fully saturated rings. The average molecular weight is 533 g/mol. The lowest BCUT2D eigenvalue weighted by atomic mass is 10.1. The van der Waals surface area contributed by atoms with Crippen molar-refractivity contribution in [3.8, 4) is 5.75 Å². The summed E-state index contributed by atoms with van der Waals surface area (Å²) in [6, 6.07) is 9.01. The fourth-order valence-electron chi connectivity index (χ4n) is 3.00. The fourth-order valence-corrected chi connectivity index (χ4v) is 3.00. The van der Waals surface area contributed by atoms with Crippen molar-refractivity contribution in [3.63, 3.8) is 0 Å². The number of methoxy groups -OCH3 is 1. The molecule has 1 aromatic rings. The molecule has 2 N–H and O–H groups in total. The first-order valence-corrected chi connectivity index (χ1v) is 10.4. The minimum atomic E-state index is -0.0211. The zero-order valence-electron chi connectivity index (χ0n) is 19.6. The maximum atomic E-state index is 11.9. The molecule has 0 saturated carbocycles. The van der Waals surface area contributed by atoms with E-state index >= 15 is 0 Å². The number of aliphatic imine (C=N–C) groups is 1. The molecule has 172 valence electrons. The van der Waals surface area contributed by atoms with Crippen molar-refractivity contribution in [3.05, 3.63) is 29.8 Å². The van der Waals surface area contributed by atoms with Gasteiger partial charge in [0.1, 0.15) is 12.3 Å². The topological polar surface area (TPSA) is 69.2 Å². The summed E-state index contributed by atoms with van der Waals surface area (Å²) in [6.45, 7) is 11.4. The molecule has 0 heterocycles. The third-order valence-electron chi connectivity index (χ3n) is 4.73. The molecule has 0 radical (unpaired) electrons. The first-order chi connectivity index (χ1) is 13.7. The number of carbonyl (C=O) groups excluding carboxylic acids is 1. The van der Waals surface area contributed by atoms with Crippen molar-refractivity contribution < 1.29 is 9.53 Å². The Morgan fingerprint density at radius 3 is 2.10 bits per heavy atom. The van der Waals surface area contributed by atoms with E-state index in [1.54, 1.807) is 26.1 Å². The van der Waals surface area contributed by atoms with Crippen molar-refractivity contribution in [1.29, 1.82) is 0 Å². The highest BCUT2D eigenvalue weighted by Crippen LogP contribution is 2.11. The number of nitrogens with one attached hydrogen (secondary N) is 2. The Bertz CT molecular complexity index is 625. The maximum Gasteiger partial charge on any atom is 0.243 e. The van der Waals surface area contributed by atoms with Crippen LogP contribution in [0.1, 0.15) is 33.3 Å². The number of amides is 1. The molecule has 0 spiro atoms. The number of rotatable bonds is 11. The van der Waals surface area contributed by atoms with Crippen LogP contribution in [-0.4, -0.2) is 81.1 Å². The third-order valence-corrected chi connectivity index (χ3v) is 4.73. The van der Waals surface area contributed by atoms with Gasteiger partial charge in [0.25, 0.3) is 0 Å². The van der Waals surface area contributed by atoms with Crippen LogP contribution in [0.3, 0.4) is 0 Å². The summed E-state index contributed by atoms with van der Waals surface area (Å²) in [4.78, 5) is 20.3. The lowest BCUT2D eigenvalue weighted by Gasteiger charge is -2.30. The van der Waals surface area contributed by atoms with Gasteiger partial charge in [0.05, 0.1) is 7.11 Å². The summed E-state index contributed by atoms with van der Waals surface area (Å²) in [7, 11) is 5.15. The molecule has 0 saturated heterocycles. The molecule has 0 unspecified atom stereocenters. The van der Waals surface area contributed by atoms with E-state index in [9.17, 15) is 4.79 Å². The third kappa shape index (κ3) is 11.0. The molecule has 0 aliphatic carbocycles. The first-order valence-electron chi connectivity index (χ1n) is 10.4. The molecular formula is C22H40IN5O2. The Balaban J connectivity index is 0.00000841. The van der Waals surface area contributed by atoms with Crippen LogP contribution in [0.2, 0.25) is 0 Å². The second-order valence-corrected chi connectivity index (χ2v) is 7.83. The number of halogens is 1. The van der Waals surface area contributed by atoms with Crippen LogP contribution in [0.4, 0.5) is 0 Å². The number of hydrogen-bond donors (Lipinski definition) is 2.